The van der Waals surface area contributed by atoms with Crippen LogP contribution in [0.1, 0.15) is 18.1 Å². The van der Waals surface area contributed by atoms with Crippen LogP contribution in [0.25, 0.3) is 0 Å². The van der Waals surface area contributed by atoms with E-state index in [0.717, 1.165) is 23.5 Å². The standard InChI is InChI=1S/C16H19NO3/c1-4-12-5-7-14(15(9-12)18-2)20-11-13-6-8-16(19-3)17-10-13/h5-10H,4,11H2,1-3H3. The minimum absolute atomic E-state index is 0.443. The molecule has 0 aliphatic rings. The highest BCUT2D eigenvalue weighted by atomic mass is 16.5. The highest BCUT2D eigenvalue weighted by Gasteiger charge is 2.06. The number of rotatable bonds is 6. The molecule has 0 bridgehead atoms. The van der Waals surface area contributed by atoms with Crippen LogP contribution < -0.4 is 14.2 Å². The highest BCUT2D eigenvalue weighted by molar-refractivity contribution is 5.43. The van der Waals surface area contributed by atoms with Crippen LogP contribution in [0, 0.1) is 0 Å². The lowest BCUT2D eigenvalue weighted by molar-refractivity contribution is 0.283. The molecular weight excluding hydrogens is 254 g/mol. The Kier molecular flexibility index (Phi) is 4.82. The first-order valence-electron chi connectivity index (χ1n) is 6.55. The summed E-state index contributed by atoms with van der Waals surface area (Å²) in [6.45, 7) is 2.55. The number of aromatic nitrogens is 1. The van der Waals surface area contributed by atoms with Crippen molar-refractivity contribution in [2.24, 2.45) is 0 Å². The van der Waals surface area contributed by atoms with Crippen LogP contribution in [-0.2, 0) is 13.0 Å². The monoisotopic (exact) mass is 273 g/mol. The predicted molar refractivity (Wildman–Crippen MR) is 77.5 cm³/mol. The summed E-state index contributed by atoms with van der Waals surface area (Å²) in [5.41, 5.74) is 2.20. The molecule has 1 heterocycles. The van der Waals surface area contributed by atoms with Crippen molar-refractivity contribution in [1.29, 1.82) is 0 Å². The number of pyridine rings is 1. The van der Waals surface area contributed by atoms with Crippen molar-refractivity contribution in [1.82, 2.24) is 4.98 Å². The van der Waals surface area contributed by atoms with E-state index >= 15 is 0 Å². The number of methoxy groups -OCH3 is 2. The molecule has 0 saturated carbocycles. The molecule has 1 aromatic carbocycles. The molecule has 20 heavy (non-hydrogen) atoms. The summed E-state index contributed by atoms with van der Waals surface area (Å²) in [7, 11) is 3.25. The Labute approximate surface area is 119 Å². The van der Waals surface area contributed by atoms with Gasteiger partial charge in [0.05, 0.1) is 14.2 Å². The molecule has 0 saturated heterocycles. The largest absolute Gasteiger partial charge is 0.493 e. The second-order valence-corrected chi connectivity index (χ2v) is 4.34. The van der Waals surface area contributed by atoms with Gasteiger partial charge in [0, 0.05) is 17.8 Å². The number of nitrogens with zero attached hydrogens (tertiary/aromatic N) is 1. The maximum Gasteiger partial charge on any atom is 0.212 e. The van der Waals surface area contributed by atoms with Crippen LogP contribution in [0.4, 0.5) is 0 Å². The molecule has 1 aromatic heterocycles. The quantitative estimate of drug-likeness (QED) is 0.810. The second kappa shape index (κ2) is 6.80. The lowest BCUT2D eigenvalue weighted by Gasteiger charge is -2.12. The maximum absolute atomic E-state index is 5.78. The fraction of sp³-hybridized carbons (Fsp3) is 0.312. The summed E-state index contributed by atoms with van der Waals surface area (Å²) in [5, 5.41) is 0. The topological polar surface area (TPSA) is 40.6 Å². The minimum Gasteiger partial charge on any atom is -0.493 e. The van der Waals surface area contributed by atoms with E-state index in [4.69, 9.17) is 14.2 Å². The predicted octanol–water partition coefficient (Wildman–Crippen LogP) is 3.24. The molecule has 0 spiro atoms. The average molecular weight is 273 g/mol. The van der Waals surface area contributed by atoms with Gasteiger partial charge in [-0.25, -0.2) is 4.98 Å². The molecule has 4 nitrogen and oxygen atoms in total. The Morgan fingerprint density at radius 1 is 0.950 bits per heavy atom. The third kappa shape index (κ3) is 3.41. The van der Waals surface area contributed by atoms with Gasteiger partial charge in [0.1, 0.15) is 6.61 Å². The van der Waals surface area contributed by atoms with Crippen molar-refractivity contribution >= 4 is 0 Å². The molecule has 0 aliphatic carbocycles. The smallest absolute Gasteiger partial charge is 0.212 e. The molecule has 4 heteroatoms. The maximum atomic E-state index is 5.78. The van der Waals surface area contributed by atoms with E-state index in [1.807, 2.05) is 30.3 Å². The van der Waals surface area contributed by atoms with Crippen LogP contribution in [0.15, 0.2) is 36.5 Å². The zero-order valence-corrected chi connectivity index (χ0v) is 12.1. The van der Waals surface area contributed by atoms with Gasteiger partial charge < -0.3 is 14.2 Å². The van der Waals surface area contributed by atoms with E-state index in [0.29, 0.717) is 12.5 Å². The molecule has 106 valence electrons. The first-order chi connectivity index (χ1) is 9.76. The van der Waals surface area contributed by atoms with E-state index in [2.05, 4.69) is 11.9 Å². The third-order valence-corrected chi connectivity index (χ3v) is 3.04. The fourth-order valence-corrected chi connectivity index (χ4v) is 1.83. The molecule has 0 fully saturated rings. The van der Waals surface area contributed by atoms with E-state index in [1.165, 1.54) is 5.56 Å². The van der Waals surface area contributed by atoms with Crippen LogP contribution in [0.3, 0.4) is 0 Å². The number of aryl methyl sites for hydroxylation is 1. The number of hydrogen-bond acceptors (Lipinski definition) is 4. The summed E-state index contributed by atoms with van der Waals surface area (Å²) >= 11 is 0. The van der Waals surface area contributed by atoms with Crippen LogP contribution in [-0.4, -0.2) is 19.2 Å². The molecular formula is C16H19NO3. The van der Waals surface area contributed by atoms with Gasteiger partial charge >= 0.3 is 0 Å². The molecule has 0 N–H and O–H groups in total. The Hall–Kier alpha value is -2.23. The van der Waals surface area contributed by atoms with Crippen molar-refractivity contribution in [3.8, 4) is 17.4 Å². The zero-order valence-electron chi connectivity index (χ0n) is 12.1. The van der Waals surface area contributed by atoms with Gasteiger partial charge in [-0.15, -0.1) is 0 Å². The van der Waals surface area contributed by atoms with E-state index in [9.17, 15) is 0 Å². The molecule has 0 unspecified atom stereocenters. The van der Waals surface area contributed by atoms with Gasteiger partial charge in [-0.1, -0.05) is 13.0 Å². The normalized spacial score (nSPS) is 10.2. The second-order valence-electron chi connectivity index (χ2n) is 4.34. The van der Waals surface area contributed by atoms with Gasteiger partial charge in [0.15, 0.2) is 11.5 Å². The van der Waals surface area contributed by atoms with Gasteiger partial charge in [-0.05, 0) is 30.2 Å². The molecule has 0 atom stereocenters. The number of hydrogen-bond donors (Lipinski definition) is 0. The summed E-state index contributed by atoms with van der Waals surface area (Å²) in [6.07, 6.45) is 2.71. The molecule has 0 amide bonds. The average Bonchev–Trinajstić information content (AvgIpc) is 2.53. The Bertz CT molecular complexity index is 552. The van der Waals surface area contributed by atoms with E-state index < -0.39 is 0 Å². The molecule has 0 radical (unpaired) electrons. The molecule has 0 aliphatic heterocycles. The lowest BCUT2D eigenvalue weighted by atomic mass is 10.1. The first-order valence-corrected chi connectivity index (χ1v) is 6.55. The summed E-state index contributed by atoms with van der Waals surface area (Å²) < 4.78 is 16.2. The SMILES string of the molecule is CCc1ccc(OCc2ccc(OC)nc2)c(OC)c1. The van der Waals surface area contributed by atoms with Crippen LogP contribution >= 0.6 is 0 Å². The van der Waals surface area contributed by atoms with Crippen LogP contribution in [0.2, 0.25) is 0 Å². The van der Waals surface area contributed by atoms with Crippen molar-refractivity contribution in [3.63, 3.8) is 0 Å². The van der Waals surface area contributed by atoms with Gasteiger partial charge in [0.25, 0.3) is 0 Å². The minimum atomic E-state index is 0.443. The Balaban J connectivity index is 2.05. The summed E-state index contributed by atoms with van der Waals surface area (Å²) in [5.74, 6) is 2.09. The zero-order chi connectivity index (χ0) is 14.4. The van der Waals surface area contributed by atoms with Crippen molar-refractivity contribution in [2.45, 2.75) is 20.0 Å². The Morgan fingerprint density at radius 3 is 2.35 bits per heavy atom. The van der Waals surface area contributed by atoms with Gasteiger partial charge in [0.2, 0.25) is 5.88 Å². The van der Waals surface area contributed by atoms with Crippen molar-refractivity contribution in [2.75, 3.05) is 14.2 Å². The lowest BCUT2D eigenvalue weighted by Crippen LogP contribution is -1.99. The summed E-state index contributed by atoms with van der Waals surface area (Å²) in [6, 6.07) is 9.73. The van der Waals surface area contributed by atoms with E-state index in [-0.39, 0.29) is 0 Å². The van der Waals surface area contributed by atoms with Gasteiger partial charge in [-0.3, -0.25) is 0 Å². The van der Waals surface area contributed by atoms with E-state index in [1.54, 1.807) is 20.4 Å². The van der Waals surface area contributed by atoms with Crippen molar-refractivity contribution in [3.05, 3.63) is 47.7 Å². The van der Waals surface area contributed by atoms with Crippen LogP contribution in [0.5, 0.6) is 17.4 Å². The fourth-order valence-electron chi connectivity index (χ4n) is 1.83. The number of benzene rings is 1. The molecule has 2 aromatic rings. The molecule has 2 rings (SSSR count). The number of ether oxygens (including phenoxy) is 3. The highest BCUT2D eigenvalue weighted by Crippen LogP contribution is 2.29. The Morgan fingerprint density at radius 2 is 1.75 bits per heavy atom. The first kappa shape index (κ1) is 14.2. The van der Waals surface area contributed by atoms with Gasteiger partial charge in [-0.2, -0.15) is 0 Å². The third-order valence-electron chi connectivity index (χ3n) is 3.04. The van der Waals surface area contributed by atoms with Crippen molar-refractivity contribution < 1.29 is 14.2 Å². The summed E-state index contributed by atoms with van der Waals surface area (Å²) in [4.78, 5) is 4.15.